The molecule has 0 fully saturated rings. The first-order chi connectivity index (χ1) is 6.93. The van der Waals surface area contributed by atoms with Crippen molar-refractivity contribution in [1.82, 2.24) is 15.0 Å². The van der Waals surface area contributed by atoms with E-state index in [1.54, 1.807) is 4.68 Å². The second-order valence-corrected chi connectivity index (χ2v) is 4.25. The van der Waals surface area contributed by atoms with E-state index >= 15 is 0 Å². The van der Waals surface area contributed by atoms with Gasteiger partial charge in [-0.3, -0.25) is 0 Å². The molecule has 0 aliphatic heterocycles. The molecule has 0 N–H and O–H groups in total. The summed E-state index contributed by atoms with van der Waals surface area (Å²) in [6.45, 7) is 7.90. The number of nitrogens with zero attached hydrogens (tertiary/aromatic N) is 4. The third-order valence-corrected chi connectivity index (χ3v) is 2.03. The maximum absolute atomic E-state index is 10.7. The molecule has 0 bridgehead atoms. The van der Waals surface area contributed by atoms with Gasteiger partial charge in [-0.15, -0.1) is 0 Å². The third-order valence-electron chi connectivity index (χ3n) is 2.03. The average molecular weight is 212 g/mol. The van der Waals surface area contributed by atoms with Crippen molar-refractivity contribution in [3.05, 3.63) is 15.8 Å². The summed E-state index contributed by atoms with van der Waals surface area (Å²) in [5.74, 6) is 0.233. The highest BCUT2D eigenvalue weighted by Gasteiger charge is 2.25. The van der Waals surface area contributed by atoms with Gasteiger partial charge in [-0.1, -0.05) is 13.8 Å². The Morgan fingerprint density at radius 3 is 2.40 bits per heavy atom. The van der Waals surface area contributed by atoms with Crippen LogP contribution in [0, 0.1) is 16.0 Å². The molecule has 84 valence electrons. The Morgan fingerprint density at radius 1 is 1.40 bits per heavy atom. The summed E-state index contributed by atoms with van der Waals surface area (Å²) in [4.78, 5) is 10.3. The van der Waals surface area contributed by atoms with Gasteiger partial charge in [-0.05, 0) is 24.7 Å². The van der Waals surface area contributed by atoms with Crippen LogP contribution in [0.2, 0.25) is 0 Å². The van der Waals surface area contributed by atoms with Gasteiger partial charge in [0.05, 0.1) is 11.3 Å². The van der Waals surface area contributed by atoms with Gasteiger partial charge < -0.3 is 10.1 Å². The Kier molecular flexibility index (Phi) is 3.39. The first-order valence-electron chi connectivity index (χ1n) is 5.02. The van der Waals surface area contributed by atoms with Crippen LogP contribution in [0.1, 0.15) is 39.4 Å². The smallest absolute Gasteiger partial charge is 0.358 e. The zero-order valence-electron chi connectivity index (χ0n) is 9.47. The Hall–Kier alpha value is -1.46. The van der Waals surface area contributed by atoms with E-state index in [2.05, 4.69) is 10.3 Å². The first kappa shape index (κ1) is 11.6. The molecule has 0 aliphatic rings. The molecule has 0 unspecified atom stereocenters. The van der Waals surface area contributed by atoms with Crippen molar-refractivity contribution in [2.75, 3.05) is 0 Å². The Labute approximate surface area is 88.4 Å². The molecule has 0 spiro atoms. The summed E-state index contributed by atoms with van der Waals surface area (Å²) >= 11 is 0. The van der Waals surface area contributed by atoms with Gasteiger partial charge in [0, 0.05) is 6.42 Å². The van der Waals surface area contributed by atoms with Crippen LogP contribution in [0.4, 0.5) is 5.82 Å². The summed E-state index contributed by atoms with van der Waals surface area (Å²) in [5, 5.41) is 18.1. The summed E-state index contributed by atoms with van der Waals surface area (Å²) in [7, 11) is 0. The SMILES string of the molecule is CC(C)Cc1c([N+](=O)[O-])nnn1C(C)C. The minimum absolute atomic E-state index is 0.0972. The van der Waals surface area contributed by atoms with E-state index in [-0.39, 0.29) is 11.9 Å². The lowest BCUT2D eigenvalue weighted by atomic mass is 10.1. The predicted octanol–water partition coefficient (Wildman–Crippen LogP) is 1.97. The molecule has 0 atom stereocenters. The zero-order chi connectivity index (χ0) is 11.6. The monoisotopic (exact) mass is 212 g/mol. The van der Waals surface area contributed by atoms with Crippen molar-refractivity contribution in [2.24, 2.45) is 5.92 Å². The Morgan fingerprint density at radius 2 is 2.00 bits per heavy atom. The summed E-state index contributed by atoms with van der Waals surface area (Å²) < 4.78 is 1.62. The predicted molar refractivity (Wildman–Crippen MR) is 55.6 cm³/mol. The Bertz CT molecular complexity index is 357. The van der Waals surface area contributed by atoms with Gasteiger partial charge in [0.25, 0.3) is 0 Å². The van der Waals surface area contributed by atoms with E-state index in [4.69, 9.17) is 0 Å². The number of aromatic nitrogens is 3. The molecular formula is C9H16N4O2. The van der Waals surface area contributed by atoms with Gasteiger partial charge in [0.15, 0.2) is 0 Å². The minimum Gasteiger partial charge on any atom is -0.358 e. The fourth-order valence-corrected chi connectivity index (χ4v) is 1.43. The van der Waals surface area contributed by atoms with E-state index < -0.39 is 4.92 Å². The summed E-state index contributed by atoms with van der Waals surface area (Å²) in [5.41, 5.74) is 0.616. The standard InChI is InChI=1S/C9H16N4O2/c1-6(2)5-8-9(13(14)15)10-11-12(8)7(3)4/h6-7H,5H2,1-4H3. The van der Waals surface area contributed by atoms with Crippen molar-refractivity contribution in [3.63, 3.8) is 0 Å². The van der Waals surface area contributed by atoms with Crippen LogP contribution >= 0.6 is 0 Å². The normalized spacial score (nSPS) is 11.3. The van der Waals surface area contributed by atoms with Crippen molar-refractivity contribution >= 4 is 5.82 Å². The molecule has 15 heavy (non-hydrogen) atoms. The summed E-state index contributed by atoms with van der Waals surface area (Å²) in [6.07, 6.45) is 0.626. The fraction of sp³-hybridized carbons (Fsp3) is 0.778. The van der Waals surface area contributed by atoms with E-state index in [9.17, 15) is 10.1 Å². The lowest BCUT2D eigenvalue weighted by Crippen LogP contribution is -2.10. The van der Waals surface area contributed by atoms with E-state index in [1.807, 2.05) is 27.7 Å². The largest absolute Gasteiger partial charge is 0.413 e. The molecule has 0 saturated heterocycles. The van der Waals surface area contributed by atoms with Crippen LogP contribution in [0.25, 0.3) is 0 Å². The van der Waals surface area contributed by atoms with Crippen LogP contribution in [-0.2, 0) is 6.42 Å². The van der Waals surface area contributed by atoms with E-state index in [1.165, 1.54) is 0 Å². The molecule has 1 aromatic heterocycles. The van der Waals surface area contributed by atoms with Crippen molar-refractivity contribution in [1.29, 1.82) is 0 Å². The van der Waals surface area contributed by atoms with Crippen LogP contribution in [0.15, 0.2) is 0 Å². The highest BCUT2D eigenvalue weighted by atomic mass is 16.6. The van der Waals surface area contributed by atoms with Gasteiger partial charge >= 0.3 is 5.82 Å². The van der Waals surface area contributed by atoms with Gasteiger partial charge in [-0.25, -0.2) is 4.68 Å². The maximum Gasteiger partial charge on any atom is 0.413 e. The lowest BCUT2D eigenvalue weighted by Gasteiger charge is -2.09. The number of rotatable bonds is 4. The molecule has 1 rings (SSSR count). The molecular weight excluding hydrogens is 196 g/mol. The van der Waals surface area contributed by atoms with Crippen molar-refractivity contribution in [3.8, 4) is 0 Å². The Balaban J connectivity index is 3.14. The molecule has 0 amide bonds. The molecule has 0 saturated carbocycles. The highest BCUT2D eigenvalue weighted by molar-refractivity contribution is 5.25. The fourth-order valence-electron chi connectivity index (χ4n) is 1.43. The van der Waals surface area contributed by atoms with Crippen LogP contribution < -0.4 is 0 Å². The molecule has 0 radical (unpaired) electrons. The maximum atomic E-state index is 10.7. The third kappa shape index (κ3) is 2.51. The van der Waals surface area contributed by atoms with Crippen LogP contribution in [-0.4, -0.2) is 19.9 Å². The molecule has 6 heteroatoms. The second kappa shape index (κ2) is 4.37. The summed E-state index contributed by atoms with van der Waals surface area (Å²) in [6, 6.07) is 0.0972. The topological polar surface area (TPSA) is 73.8 Å². The van der Waals surface area contributed by atoms with Gasteiger partial charge in [-0.2, -0.15) is 0 Å². The van der Waals surface area contributed by atoms with Gasteiger partial charge in [0.2, 0.25) is 0 Å². The van der Waals surface area contributed by atoms with Gasteiger partial charge in [0.1, 0.15) is 10.8 Å². The molecule has 6 nitrogen and oxygen atoms in total. The molecule has 0 aromatic carbocycles. The lowest BCUT2D eigenvalue weighted by molar-refractivity contribution is -0.390. The number of hydrogen-bond acceptors (Lipinski definition) is 4. The van der Waals surface area contributed by atoms with Crippen LogP contribution in [0.5, 0.6) is 0 Å². The second-order valence-electron chi connectivity index (χ2n) is 4.25. The quantitative estimate of drug-likeness (QED) is 0.565. The number of hydrogen-bond donors (Lipinski definition) is 0. The van der Waals surface area contributed by atoms with E-state index in [0.29, 0.717) is 18.0 Å². The number of nitro groups is 1. The van der Waals surface area contributed by atoms with E-state index in [0.717, 1.165) is 0 Å². The average Bonchev–Trinajstić information content (AvgIpc) is 2.46. The van der Waals surface area contributed by atoms with Crippen molar-refractivity contribution in [2.45, 2.75) is 40.2 Å². The molecule has 1 aromatic rings. The molecule has 1 heterocycles. The minimum atomic E-state index is -0.469. The molecule has 0 aliphatic carbocycles. The van der Waals surface area contributed by atoms with Crippen LogP contribution in [0.3, 0.4) is 0 Å². The first-order valence-corrected chi connectivity index (χ1v) is 5.02. The van der Waals surface area contributed by atoms with Crippen molar-refractivity contribution < 1.29 is 4.92 Å². The highest BCUT2D eigenvalue weighted by Crippen LogP contribution is 2.21. The zero-order valence-corrected chi connectivity index (χ0v) is 9.47.